The Labute approximate surface area is 159 Å². The standard InChI is InChI=1S/C18H28IO4P/c1-13-5-4-6-15(11-13)22-10-3-2-7-16-14(12-18(20)21)8-9-17(16)23-24-19/h4-6,11,14,16-18,20-21,24H,2-3,7-10,12H2,1H3/t14-,16?,17-/m1/s1. The lowest BCUT2D eigenvalue weighted by Crippen LogP contribution is -2.23. The Balaban J connectivity index is 1.73. The quantitative estimate of drug-likeness (QED) is 0.229. The van der Waals surface area contributed by atoms with E-state index in [-0.39, 0.29) is 6.10 Å². The molecule has 0 aliphatic heterocycles. The van der Waals surface area contributed by atoms with Gasteiger partial charge in [-0.3, -0.25) is 0 Å². The molecule has 6 heteroatoms. The van der Waals surface area contributed by atoms with E-state index in [9.17, 15) is 10.2 Å². The van der Waals surface area contributed by atoms with E-state index in [1.807, 2.05) is 12.1 Å². The highest BCUT2D eigenvalue weighted by Crippen LogP contribution is 2.43. The van der Waals surface area contributed by atoms with Crippen molar-refractivity contribution in [2.75, 3.05) is 6.61 Å². The van der Waals surface area contributed by atoms with Gasteiger partial charge in [-0.25, -0.2) is 0 Å². The average molecular weight is 466 g/mol. The smallest absolute Gasteiger partial charge is 0.151 e. The molecule has 24 heavy (non-hydrogen) atoms. The minimum Gasteiger partial charge on any atom is -0.494 e. The number of hydrogen-bond donors (Lipinski definition) is 2. The zero-order valence-corrected chi connectivity index (χ0v) is 17.3. The second kappa shape index (κ2) is 10.9. The normalized spacial score (nSPS) is 24.3. The van der Waals surface area contributed by atoms with Crippen molar-refractivity contribution in [2.24, 2.45) is 11.8 Å². The van der Waals surface area contributed by atoms with Crippen LogP contribution in [0.5, 0.6) is 5.75 Å². The molecule has 2 unspecified atom stereocenters. The van der Waals surface area contributed by atoms with Crippen LogP contribution in [0, 0.1) is 18.8 Å². The van der Waals surface area contributed by atoms with Gasteiger partial charge in [0.25, 0.3) is 0 Å². The van der Waals surface area contributed by atoms with Gasteiger partial charge in [-0.15, -0.1) is 0 Å². The lowest BCUT2D eigenvalue weighted by molar-refractivity contribution is -0.0613. The largest absolute Gasteiger partial charge is 0.494 e. The molecule has 0 spiro atoms. The summed E-state index contributed by atoms with van der Waals surface area (Å²) < 4.78 is 11.7. The first-order chi connectivity index (χ1) is 11.6. The van der Waals surface area contributed by atoms with Crippen molar-refractivity contribution in [3.63, 3.8) is 0 Å². The molecule has 1 aromatic carbocycles. The first-order valence-electron chi connectivity index (χ1n) is 8.67. The summed E-state index contributed by atoms with van der Waals surface area (Å²) >= 11 is 2.27. The molecule has 1 aliphatic carbocycles. The molecular weight excluding hydrogens is 438 g/mol. The fourth-order valence-electron chi connectivity index (χ4n) is 3.68. The van der Waals surface area contributed by atoms with Gasteiger partial charge in [0.2, 0.25) is 0 Å². The lowest BCUT2D eigenvalue weighted by atomic mass is 9.87. The van der Waals surface area contributed by atoms with Gasteiger partial charge in [0.15, 0.2) is 6.29 Å². The van der Waals surface area contributed by atoms with E-state index in [0.29, 0.717) is 24.7 Å². The van der Waals surface area contributed by atoms with Crippen LogP contribution in [0.2, 0.25) is 0 Å². The fraction of sp³-hybridized carbons (Fsp3) is 0.667. The molecule has 0 amide bonds. The summed E-state index contributed by atoms with van der Waals surface area (Å²) in [5.74, 6) is 1.73. The van der Waals surface area contributed by atoms with Crippen molar-refractivity contribution in [3.8, 4) is 5.75 Å². The molecule has 0 bridgehead atoms. The monoisotopic (exact) mass is 466 g/mol. The third-order valence-corrected chi connectivity index (χ3v) is 5.96. The maximum absolute atomic E-state index is 9.30. The molecule has 2 rings (SSSR count). The third kappa shape index (κ3) is 6.75. The van der Waals surface area contributed by atoms with Gasteiger partial charge in [0, 0.05) is 6.42 Å². The zero-order chi connectivity index (χ0) is 17.4. The molecule has 1 aliphatic rings. The Morgan fingerprint density at radius 3 is 2.83 bits per heavy atom. The van der Waals surface area contributed by atoms with Gasteiger partial charge >= 0.3 is 0 Å². The Hall–Kier alpha value is 0.0600. The number of aliphatic hydroxyl groups is 2. The molecule has 4 nitrogen and oxygen atoms in total. The number of benzene rings is 1. The van der Waals surface area contributed by atoms with Gasteiger partial charge in [-0.1, -0.05) is 12.1 Å². The maximum atomic E-state index is 9.30. The number of halogens is 1. The van der Waals surface area contributed by atoms with Gasteiger partial charge in [-0.05, 0) is 90.6 Å². The van der Waals surface area contributed by atoms with Crippen LogP contribution in [0.25, 0.3) is 0 Å². The van der Waals surface area contributed by atoms with Gasteiger partial charge in [0.05, 0.1) is 19.2 Å². The second-order valence-electron chi connectivity index (χ2n) is 6.61. The molecule has 1 aromatic rings. The number of ether oxygens (including phenoxy) is 1. The Bertz CT molecular complexity index is 486. The molecule has 0 aromatic heterocycles. The van der Waals surface area contributed by atoms with Gasteiger partial charge in [0.1, 0.15) is 5.75 Å². The van der Waals surface area contributed by atoms with Crippen LogP contribution in [0.15, 0.2) is 24.3 Å². The Kier molecular flexibility index (Phi) is 9.27. The summed E-state index contributed by atoms with van der Waals surface area (Å²) in [6, 6.07) is 8.13. The van der Waals surface area contributed by atoms with Crippen molar-refractivity contribution >= 4 is 28.5 Å². The number of hydrogen-bond acceptors (Lipinski definition) is 4. The number of aliphatic hydroxyl groups excluding tert-OH is 1. The summed E-state index contributed by atoms with van der Waals surface area (Å²) in [7, 11) is 0. The molecule has 136 valence electrons. The van der Waals surface area contributed by atoms with Gasteiger partial charge < -0.3 is 19.5 Å². The highest BCUT2D eigenvalue weighted by atomic mass is 127. The van der Waals surface area contributed by atoms with Crippen molar-refractivity contribution < 1.29 is 19.5 Å². The van der Waals surface area contributed by atoms with Crippen LogP contribution in [-0.2, 0) is 4.52 Å². The van der Waals surface area contributed by atoms with Crippen LogP contribution in [0.1, 0.15) is 44.1 Å². The van der Waals surface area contributed by atoms with Crippen molar-refractivity contribution in [2.45, 2.75) is 57.8 Å². The molecule has 1 saturated carbocycles. The Morgan fingerprint density at radius 2 is 2.12 bits per heavy atom. The zero-order valence-electron chi connectivity index (χ0n) is 14.2. The first kappa shape index (κ1) is 20.4. The molecule has 1 fully saturated rings. The molecule has 0 saturated heterocycles. The molecule has 2 N–H and O–H groups in total. The first-order valence-corrected chi connectivity index (χ1v) is 12.7. The summed E-state index contributed by atoms with van der Waals surface area (Å²) in [5, 5.41) is 18.6. The van der Waals surface area contributed by atoms with E-state index in [1.54, 1.807) is 0 Å². The van der Waals surface area contributed by atoms with E-state index in [4.69, 9.17) is 9.26 Å². The highest BCUT2D eigenvalue weighted by molar-refractivity contribution is 14.2. The number of aryl methyl sites for hydroxylation is 1. The highest BCUT2D eigenvalue weighted by Gasteiger charge is 2.36. The SMILES string of the molecule is Cc1cccc(OCCCCC2[C@@H](CC(O)O)CC[C@H]2OPI)c1. The van der Waals surface area contributed by atoms with E-state index in [2.05, 4.69) is 41.1 Å². The van der Waals surface area contributed by atoms with Gasteiger partial charge in [-0.2, -0.15) is 0 Å². The summed E-state index contributed by atoms with van der Waals surface area (Å²) in [4.78, 5) is 0. The van der Waals surface area contributed by atoms with Crippen molar-refractivity contribution in [1.82, 2.24) is 0 Å². The fourth-order valence-corrected chi connectivity index (χ4v) is 5.06. The van der Waals surface area contributed by atoms with Crippen LogP contribution >= 0.6 is 28.5 Å². The van der Waals surface area contributed by atoms with Crippen LogP contribution < -0.4 is 4.74 Å². The van der Waals surface area contributed by atoms with Crippen molar-refractivity contribution in [1.29, 1.82) is 0 Å². The van der Waals surface area contributed by atoms with E-state index in [1.165, 1.54) is 5.56 Å². The van der Waals surface area contributed by atoms with Crippen molar-refractivity contribution in [3.05, 3.63) is 29.8 Å². The van der Waals surface area contributed by atoms with Crippen LogP contribution in [-0.4, -0.2) is 29.2 Å². The summed E-state index contributed by atoms with van der Waals surface area (Å²) in [6.45, 7) is 3.26. The average Bonchev–Trinajstić information content (AvgIpc) is 2.89. The molecular formula is C18H28IO4P. The van der Waals surface area contributed by atoms with Crippen LogP contribution in [0.3, 0.4) is 0 Å². The van der Waals surface area contributed by atoms with E-state index in [0.717, 1.165) is 44.5 Å². The molecule has 4 atom stereocenters. The minimum atomic E-state index is -1.21. The predicted molar refractivity (Wildman–Crippen MR) is 107 cm³/mol. The third-order valence-electron chi connectivity index (χ3n) is 4.80. The van der Waals surface area contributed by atoms with Crippen LogP contribution in [0.4, 0.5) is 0 Å². The lowest BCUT2D eigenvalue weighted by Gasteiger charge is -2.25. The van der Waals surface area contributed by atoms with E-state index >= 15 is 0 Å². The predicted octanol–water partition coefficient (Wildman–Crippen LogP) is 4.60. The second-order valence-corrected chi connectivity index (χ2v) is 8.32. The summed E-state index contributed by atoms with van der Waals surface area (Å²) in [6.07, 6.45) is 4.78. The number of unbranched alkanes of at least 4 members (excludes halogenated alkanes) is 1. The molecule has 0 radical (unpaired) electrons. The minimum absolute atomic E-state index is 0.279. The Morgan fingerprint density at radius 1 is 1.29 bits per heavy atom. The van der Waals surface area contributed by atoms with E-state index < -0.39 is 6.29 Å². The maximum Gasteiger partial charge on any atom is 0.151 e. The topological polar surface area (TPSA) is 58.9 Å². The summed E-state index contributed by atoms with van der Waals surface area (Å²) in [5.41, 5.74) is 1.21. The number of rotatable bonds is 10. The molecule has 0 heterocycles.